The Balaban J connectivity index is 4.38. The fourth-order valence-corrected chi connectivity index (χ4v) is 1.73. The molecule has 0 aliphatic rings. The molecule has 1 nitrogen and oxygen atoms in total. The van der Waals surface area contributed by atoms with Crippen molar-refractivity contribution in [3.63, 3.8) is 0 Å². The summed E-state index contributed by atoms with van der Waals surface area (Å²) in [6.45, 7) is 12.8. The van der Waals surface area contributed by atoms with Crippen LogP contribution in [0.3, 0.4) is 0 Å². The van der Waals surface area contributed by atoms with Crippen LogP contribution in [0.5, 0.6) is 0 Å². The number of ether oxygens (including phenoxy) is 1. The predicted molar refractivity (Wildman–Crippen MR) is 71.4 cm³/mol. The lowest BCUT2D eigenvalue weighted by Gasteiger charge is -2.35. The zero-order valence-corrected chi connectivity index (χ0v) is 11.9. The molecule has 0 aromatic carbocycles. The molecule has 0 heterocycles. The molecule has 0 saturated heterocycles. The molecule has 0 amide bonds. The standard InChI is InChI=1S/C15H28O/c1-8-10-11-12-15(6,7)13(9-2)16-14(3,4)5/h2,13H,8,10-12H2,1,3-7H3. The molecule has 1 atom stereocenters. The summed E-state index contributed by atoms with van der Waals surface area (Å²) < 4.78 is 5.95. The first-order valence-electron chi connectivity index (χ1n) is 6.37. The van der Waals surface area contributed by atoms with Gasteiger partial charge >= 0.3 is 0 Å². The highest BCUT2D eigenvalue weighted by Gasteiger charge is 2.31. The van der Waals surface area contributed by atoms with Crippen LogP contribution in [0.15, 0.2) is 0 Å². The molecule has 94 valence electrons. The Hall–Kier alpha value is -0.480. The molecule has 0 aliphatic heterocycles. The van der Waals surface area contributed by atoms with Gasteiger partial charge in [0.05, 0.1) is 5.60 Å². The van der Waals surface area contributed by atoms with Gasteiger partial charge in [-0.1, -0.05) is 46.0 Å². The van der Waals surface area contributed by atoms with Gasteiger partial charge in [-0.05, 0) is 27.2 Å². The van der Waals surface area contributed by atoms with Crippen molar-refractivity contribution in [1.29, 1.82) is 0 Å². The lowest BCUT2D eigenvalue weighted by molar-refractivity contribution is -0.0827. The molecule has 1 heteroatoms. The van der Waals surface area contributed by atoms with E-state index in [2.05, 4.69) is 47.5 Å². The third kappa shape index (κ3) is 6.18. The number of hydrogen-bond acceptors (Lipinski definition) is 1. The van der Waals surface area contributed by atoms with Gasteiger partial charge in [0, 0.05) is 5.41 Å². The maximum Gasteiger partial charge on any atom is 0.123 e. The zero-order chi connectivity index (χ0) is 12.8. The van der Waals surface area contributed by atoms with Crippen molar-refractivity contribution in [3.05, 3.63) is 0 Å². The van der Waals surface area contributed by atoms with E-state index in [1.807, 2.05) is 0 Å². The Morgan fingerprint density at radius 3 is 2.06 bits per heavy atom. The molecule has 16 heavy (non-hydrogen) atoms. The van der Waals surface area contributed by atoms with Crippen molar-refractivity contribution in [2.45, 2.75) is 78.9 Å². The van der Waals surface area contributed by atoms with E-state index in [9.17, 15) is 0 Å². The van der Waals surface area contributed by atoms with E-state index in [1.165, 1.54) is 19.3 Å². The van der Waals surface area contributed by atoms with Crippen molar-refractivity contribution in [2.75, 3.05) is 0 Å². The largest absolute Gasteiger partial charge is 0.359 e. The van der Waals surface area contributed by atoms with Gasteiger partial charge in [-0.3, -0.25) is 0 Å². The molecule has 0 bridgehead atoms. The lowest BCUT2D eigenvalue weighted by Crippen LogP contribution is -2.37. The first-order chi connectivity index (χ1) is 7.23. The van der Waals surface area contributed by atoms with Gasteiger partial charge in [-0.25, -0.2) is 0 Å². The molecule has 0 aromatic heterocycles. The van der Waals surface area contributed by atoms with Gasteiger partial charge in [0.2, 0.25) is 0 Å². The molecule has 0 saturated carbocycles. The van der Waals surface area contributed by atoms with Crippen LogP contribution in [0.4, 0.5) is 0 Å². The molecule has 0 aromatic rings. The summed E-state index contributed by atoms with van der Waals surface area (Å²) in [5.74, 6) is 2.80. The summed E-state index contributed by atoms with van der Waals surface area (Å²) in [6.07, 6.45) is 10.4. The highest BCUT2D eigenvalue weighted by atomic mass is 16.5. The normalized spacial score (nSPS) is 14.6. The van der Waals surface area contributed by atoms with Gasteiger partial charge in [-0.2, -0.15) is 0 Å². The van der Waals surface area contributed by atoms with Crippen LogP contribution < -0.4 is 0 Å². The molecular weight excluding hydrogens is 196 g/mol. The molecule has 0 fully saturated rings. The van der Waals surface area contributed by atoms with Crippen molar-refractivity contribution >= 4 is 0 Å². The lowest BCUT2D eigenvalue weighted by atomic mass is 9.81. The smallest absolute Gasteiger partial charge is 0.123 e. The summed E-state index contributed by atoms with van der Waals surface area (Å²) >= 11 is 0. The van der Waals surface area contributed by atoms with Gasteiger partial charge in [0.25, 0.3) is 0 Å². The van der Waals surface area contributed by atoms with Crippen molar-refractivity contribution < 1.29 is 4.74 Å². The Kier molecular flexibility index (Phi) is 6.11. The summed E-state index contributed by atoms with van der Waals surface area (Å²) in [5.41, 5.74) is -0.101. The van der Waals surface area contributed by atoms with Crippen LogP contribution in [0.2, 0.25) is 0 Å². The maximum absolute atomic E-state index is 5.95. The Labute approximate surface area is 102 Å². The average Bonchev–Trinajstić information content (AvgIpc) is 2.13. The maximum atomic E-state index is 5.95. The van der Waals surface area contributed by atoms with E-state index < -0.39 is 0 Å². The van der Waals surface area contributed by atoms with Crippen LogP contribution in [0.25, 0.3) is 0 Å². The van der Waals surface area contributed by atoms with Crippen LogP contribution in [-0.2, 0) is 4.74 Å². The van der Waals surface area contributed by atoms with E-state index in [0.29, 0.717) is 0 Å². The minimum Gasteiger partial charge on any atom is -0.359 e. The molecular formula is C15H28O. The minimum atomic E-state index is -0.168. The quantitative estimate of drug-likeness (QED) is 0.479. The highest BCUT2D eigenvalue weighted by molar-refractivity contribution is 5.03. The minimum absolute atomic E-state index is 0.0667. The van der Waals surface area contributed by atoms with E-state index in [1.54, 1.807) is 0 Å². The Morgan fingerprint density at radius 1 is 1.12 bits per heavy atom. The zero-order valence-electron chi connectivity index (χ0n) is 11.9. The number of hydrogen-bond donors (Lipinski definition) is 0. The van der Waals surface area contributed by atoms with Gasteiger partial charge < -0.3 is 4.74 Å². The summed E-state index contributed by atoms with van der Waals surface area (Å²) in [4.78, 5) is 0. The monoisotopic (exact) mass is 224 g/mol. The van der Waals surface area contributed by atoms with Gasteiger partial charge in [0.1, 0.15) is 6.10 Å². The SMILES string of the molecule is C#CC(OC(C)(C)C)C(C)(C)CCCCC. The van der Waals surface area contributed by atoms with Crippen molar-refractivity contribution in [1.82, 2.24) is 0 Å². The van der Waals surface area contributed by atoms with Crippen LogP contribution in [-0.4, -0.2) is 11.7 Å². The van der Waals surface area contributed by atoms with E-state index >= 15 is 0 Å². The van der Waals surface area contributed by atoms with E-state index in [0.717, 1.165) is 6.42 Å². The average molecular weight is 224 g/mol. The highest BCUT2D eigenvalue weighted by Crippen LogP contribution is 2.32. The second kappa shape index (κ2) is 6.30. The van der Waals surface area contributed by atoms with Gasteiger partial charge in [-0.15, -0.1) is 6.42 Å². The number of terminal acetylenes is 1. The van der Waals surface area contributed by atoms with Crippen LogP contribution in [0, 0.1) is 17.8 Å². The molecule has 0 aliphatic carbocycles. The molecule has 0 spiro atoms. The summed E-state index contributed by atoms with van der Waals surface area (Å²) in [5, 5.41) is 0. The third-order valence-electron chi connectivity index (χ3n) is 2.76. The fraction of sp³-hybridized carbons (Fsp3) is 0.867. The predicted octanol–water partition coefficient (Wildman–Crippen LogP) is 4.41. The molecule has 0 N–H and O–H groups in total. The van der Waals surface area contributed by atoms with Crippen molar-refractivity contribution in [2.24, 2.45) is 5.41 Å². The van der Waals surface area contributed by atoms with Crippen LogP contribution in [0.1, 0.15) is 67.2 Å². The Morgan fingerprint density at radius 2 is 1.69 bits per heavy atom. The number of rotatable bonds is 6. The van der Waals surface area contributed by atoms with Crippen LogP contribution >= 0.6 is 0 Å². The van der Waals surface area contributed by atoms with Crippen molar-refractivity contribution in [3.8, 4) is 12.3 Å². The fourth-order valence-electron chi connectivity index (χ4n) is 1.73. The van der Waals surface area contributed by atoms with E-state index in [4.69, 9.17) is 11.2 Å². The second-order valence-corrected chi connectivity index (χ2v) is 6.22. The molecule has 1 unspecified atom stereocenters. The first kappa shape index (κ1) is 15.5. The first-order valence-corrected chi connectivity index (χ1v) is 6.37. The van der Waals surface area contributed by atoms with E-state index in [-0.39, 0.29) is 17.1 Å². The topological polar surface area (TPSA) is 9.23 Å². The molecule has 0 radical (unpaired) electrons. The Bertz CT molecular complexity index is 227. The molecule has 0 rings (SSSR count). The number of unbranched alkanes of at least 4 members (excludes halogenated alkanes) is 2. The summed E-state index contributed by atoms with van der Waals surface area (Å²) in [6, 6.07) is 0. The summed E-state index contributed by atoms with van der Waals surface area (Å²) in [7, 11) is 0. The second-order valence-electron chi connectivity index (χ2n) is 6.22. The third-order valence-corrected chi connectivity index (χ3v) is 2.76. The van der Waals surface area contributed by atoms with Gasteiger partial charge in [0.15, 0.2) is 0 Å².